The maximum absolute atomic E-state index is 12.8. The Labute approximate surface area is 174 Å². The molecule has 0 saturated carbocycles. The normalized spacial score (nSPS) is 10.3. The monoisotopic (exact) mass is 406 g/mol. The second-order valence-electron chi connectivity index (χ2n) is 6.43. The number of anilines is 1. The molecule has 154 valence electrons. The van der Waals surface area contributed by atoms with Crippen LogP contribution in [0.4, 0.5) is 5.69 Å². The number of amides is 1. The predicted molar refractivity (Wildman–Crippen MR) is 114 cm³/mol. The summed E-state index contributed by atoms with van der Waals surface area (Å²) in [5.41, 5.74) is 2.84. The van der Waals surface area contributed by atoms with Gasteiger partial charge in [0.25, 0.3) is 5.91 Å². The molecule has 1 heterocycles. The molecule has 0 aliphatic carbocycles. The number of ketones is 1. The smallest absolute Gasteiger partial charge is 0.255 e. The second kappa shape index (κ2) is 9.09. The van der Waals surface area contributed by atoms with Gasteiger partial charge in [-0.05, 0) is 25.1 Å². The lowest BCUT2D eigenvalue weighted by atomic mass is 10.0. The zero-order valence-electron chi connectivity index (χ0n) is 17.2. The standard InChI is InChI=1S/C23H22N2O5/c1-14(26)15-6-5-7-16(10-15)19-11-17(8-9-24-19)23(27)25-18-12-20(28-2)22(30-4)21(13-18)29-3/h5-13H,1-4H3,(H,25,27). The fourth-order valence-electron chi connectivity index (χ4n) is 2.98. The Balaban J connectivity index is 1.89. The molecule has 1 aromatic heterocycles. The van der Waals surface area contributed by atoms with E-state index in [1.54, 1.807) is 48.7 Å². The summed E-state index contributed by atoms with van der Waals surface area (Å²) in [5, 5.41) is 2.83. The highest BCUT2D eigenvalue weighted by Gasteiger charge is 2.16. The number of nitrogens with zero attached hydrogens (tertiary/aromatic N) is 1. The van der Waals surface area contributed by atoms with Crippen LogP contribution in [0, 0.1) is 0 Å². The number of benzene rings is 2. The Bertz CT molecular complexity index is 1070. The minimum absolute atomic E-state index is 0.0341. The summed E-state index contributed by atoms with van der Waals surface area (Å²) < 4.78 is 15.9. The molecular weight excluding hydrogens is 384 g/mol. The molecular formula is C23H22N2O5. The SMILES string of the molecule is COc1cc(NC(=O)c2ccnc(-c3cccc(C(C)=O)c3)c2)cc(OC)c1OC. The van der Waals surface area contributed by atoms with Gasteiger partial charge in [0.1, 0.15) is 0 Å². The lowest BCUT2D eigenvalue weighted by Gasteiger charge is -2.14. The Hall–Kier alpha value is -3.87. The average molecular weight is 406 g/mol. The molecule has 0 radical (unpaired) electrons. The van der Waals surface area contributed by atoms with E-state index in [0.29, 0.717) is 39.8 Å². The van der Waals surface area contributed by atoms with Crippen LogP contribution < -0.4 is 19.5 Å². The molecule has 0 bridgehead atoms. The van der Waals surface area contributed by atoms with Crippen molar-refractivity contribution in [2.24, 2.45) is 0 Å². The highest BCUT2D eigenvalue weighted by molar-refractivity contribution is 6.05. The van der Waals surface area contributed by atoms with Gasteiger partial charge in [-0.15, -0.1) is 0 Å². The van der Waals surface area contributed by atoms with E-state index in [1.165, 1.54) is 28.3 Å². The molecule has 7 nitrogen and oxygen atoms in total. The summed E-state index contributed by atoms with van der Waals surface area (Å²) in [7, 11) is 4.53. The van der Waals surface area contributed by atoms with E-state index in [0.717, 1.165) is 5.56 Å². The maximum Gasteiger partial charge on any atom is 0.255 e. The quantitative estimate of drug-likeness (QED) is 0.591. The van der Waals surface area contributed by atoms with E-state index < -0.39 is 0 Å². The number of carbonyl (C=O) groups is 2. The Morgan fingerprint density at radius 3 is 2.17 bits per heavy atom. The summed E-state index contributed by atoms with van der Waals surface area (Å²) in [6, 6.07) is 13.7. The second-order valence-corrected chi connectivity index (χ2v) is 6.43. The van der Waals surface area contributed by atoms with Gasteiger partial charge in [0.05, 0.1) is 27.0 Å². The zero-order chi connectivity index (χ0) is 21.7. The van der Waals surface area contributed by atoms with E-state index >= 15 is 0 Å². The molecule has 7 heteroatoms. The molecule has 1 N–H and O–H groups in total. The van der Waals surface area contributed by atoms with Crippen molar-refractivity contribution >= 4 is 17.4 Å². The molecule has 0 spiro atoms. The lowest BCUT2D eigenvalue weighted by Crippen LogP contribution is -2.12. The number of aromatic nitrogens is 1. The van der Waals surface area contributed by atoms with E-state index in [1.807, 2.05) is 6.07 Å². The molecule has 0 unspecified atom stereocenters. The van der Waals surface area contributed by atoms with Crippen molar-refractivity contribution in [1.29, 1.82) is 0 Å². The third-order valence-corrected chi connectivity index (χ3v) is 4.51. The summed E-state index contributed by atoms with van der Waals surface area (Å²) >= 11 is 0. The molecule has 0 aliphatic heterocycles. The van der Waals surface area contributed by atoms with Crippen LogP contribution in [0.3, 0.4) is 0 Å². The number of hydrogen-bond acceptors (Lipinski definition) is 6. The number of hydrogen-bond donors (Lipinski definition) is 1. The average Bonchev–Trinajstić information content (AvgIpc) is 2.78. The zero-order valence-corrected chi connectivity index (χ0v) is 17.2. The first-order valence-corrected chi connectivity index (χ1v) is 9.15. The van der Waals surface area contributed by atoms with Crippen LogP contribution in [0.5, 0.6) is 17.2 Å². The van der Waals surface area contributed by atoms with E-state index in [4.69, 9.17) is 14.2 Å². The van der Waals surface area contributed by atoms with Crippen LogP contribution in [-0.4, -0.2) is 38.0 Å². The summed E-state index contributed by atoms with van der Waals surface area (Å²) in [6.07, 6.45) is 1.56. The van der Waals surface area contributed by atoms with Gasteiger partial charge in [-0.1, -0.05) is 18.2 Å². The van der Waals surface area contributed by atoms with E-state index in [-0.39, 0.29) is 11.7 Å². The maximum atomic E-state index is 12.8. The minimum atomic E-state index is -0.323. The number of Topliss-reactive ketones (excluding diaryl/α,β-unsaturated/α-hetero) is 1. The van der Waals surface area contributed by atoms with Crippen molar-refractivity contribution in [3.8, 4) is 28.5 Å². The first-order chi connectivity index (χ1) is 14.5. The molecule has 0 saturated heterocycles. The van der Waals surface area contributed by atoms with E-state index in [9.17, 15) is 9.59 Å². The molecule has 30 heavy (non-hydrogen) atoms. The Kier molecular flexibility index (Phi) is 6.32. The van der Waals surface area contributed by atoms with Crippen LogP contribution in [0.15, 0.2) is 54.7 Å². The molecule has 1 amide bonds. The number of ether oxygens (including phenoxy) is 3. The summed E-state index contributed by atoms with van der Waals surface area (Å²) in [5.74, 6) is 0.950. The Morgan fingerprint density at radius 2 is 1.57 bits per heavy atom. The van der Waals surface area contributed by atoms with Crippen molar-refractivity contribution in [3.05, 3.63) is 65.9 Å². The van der Waals surface area contributed by atoms with Gasteiger partial charge < -0.3 is 19.5 Å². The van der Waals surface area contributed by atoms with Crippen molar-refractivity contribution in [3.63, 3.8) is 0 Å². The van der Waals surface area contributed by atoms with Gasteiger partial charge in [0.15, 0.2) is 17.3 Å². The van der Waals surface area contributed by atoms with Crippen LogP contribution >= 0.6 is 0 Å². The van der Waals surface area contributed by atoms with Crippen LogP contribution in [0.2, 0.25) is 0 Å². The number of nitrogens with one attached hydrogen (secondary N) is 1. The number of rotatable bonds is 7. The van der Waals surface area contributed by atoms with Gasteiger partial charge in [0.2, 0.25) is 5.75 Å². The van der Waals surface area contributed by atoms with Crippen LogP contribution in [-0.2, 0) is 0 Å². The van der Waals surface area contributed by atoms with Gasteiger partial charge in [0, 0.05) is 40.7 Å². The third kappa shape index (κ3) is 4.41. The third-order valence-electron chi connectivity index (χ3n) is 4.51. The van der Waals surface area contributed by atoms with Gasteiger partial charge >= 0.3 is 0 Å². The lowest BCUT2D eigenvalue weighted by molar-refractivity contribution is 0.101. The first-order valence-electron chi connectivity index (χ1n) is 9.15. The molecule has 2 aromatic carbocycles. The predicted octanol–water partition coefficient (Wildman–Crippen LogP) is 4.23. The number of pyridine rings is 1. The number of carbonyl (C=O) groups excluding carboxylic acids is 2. The topological polar surface area (TPSA) is 86.8 Å². The first kappa shape index (κ1) is 20.9. The van der Waals surface area contributed by atoms with Crippen LogP contribution in [0.25, 0.3) is 11.3 Å². The molecule has 0 aliphatic rings. The summed E-state index contributed by atoms with van der Waals surface area (Å²) in [6.45, 7) is 1.51. The molecule has 0 atom stereocenters. The Morgan fingerprint density at radius 1 is 0.867 bits per heavy atom. The molecule has 3 aromatic rings. The fourth-order valence-corrected chi connectivity index (χ4v) is 2.98. The van der Waals surface area contributed by atoms with Crippen molar-refractivity contribution in [1.82, 2.24) is 4.98 Å². The van der Waals surface area contributed by atoms with Crippen molar-refractivity contribution < 1.29 is 23.8 Å². The largest absolute Gasteiger partial charge is 0.493 e. The number of methoxy groups -OCH3 is 3. The summed E-state index contributed by atoms with van der Waals surface area (Å²) in [4.78, 5) is 28.8. The highest BCUT2D eigenvalue weighted by atomic mass is 16.5. The molecule has 0 fully saturated rings. The van der Waals surface area contributed by atoms with Gasteiger partial charge in [-0.2, -0.15) is 0 Å². The van der Waals surface area contributed by atoms with Gasteiger partial charge in [-0.3, -0.25) is 14.6 Å². The van der Waals surface area contributed by atoms with Crippen molar-refractivity contribution in [2.75, 3.05) is 26.6 Å². The van der Waals surface area contributed by atoms with Crippen LogP contribution in [0.1, 0.15) is 27.6 Å². The van der Waals surface area contributed by atoms with Crippen molar-refractivity contribution in [2.45, 2.75) is 6.92 Å². The fraction of sp³-hybridized carbons (Fsp3) is 0.174. The highest BCUT2D eigenvalue weighted by Crippen LogP contribution is 2.40. The minimum Gasteiger partial charge on any atom is -0.493 e. The van der Waals surface area contributed by atoms with E-state index in [2.05, 4.69) is 10.3 Å². The molecule has 3 rings (SSSR count). The van der Waals surface area contributed by atoms with Gasteiger partial charge in [-0.25, -0.2) is 0 Å².